The lowest BCUT2D eigenvalue weighted by Gasteiger charge is -2.42. The maximum Gasteiger partial charge on any atom is -0.0323 e. The van der Waals surface area contributed by atoms with Gasteiger partial charge in [0.1, 0.15) is 0 Å². The second-order valence-corrected chi connectivity index (χ2v) is 6.18. The van der Waals surface area contributed by atoms with Crippen LogP contribution in [0.25, 0.3) is 0 Å². The molecule has 0 heteroatoms. The van der Waals surface area contributed by atoms with E-state index in [0.29, 0.717) is 5.41 Å². The van der Waals surface area contributed by atoms with E-state index in [-0.39, 0.29) is 0 Å². The van der Waals surface area contributed by atoms with Gasteiger partial charge in [-0.3, -0.25) is 0 Å². The molecule has 0 nitrogen and oxygen atoms in total. The zero-order chi connectivity index (χ0) is 10.8. The van der Waals surface area contributed by atoms with E-state index in [1.54, 1.807) is 0 Å². The van der Waals surface area contributed by atoms with Crippen molar-refractivity contribution in [3.8, 4) is 0 Å². The van der Waals surface area contributed by atoms with Crippen molar-refractivity contribution in [1.82, 2.24) is 0 Å². The van der Waals surface area contributed by atoms with Crippen LogP contribution in [0.4, 0.5) is 0 Å². The molecule has 84 valence electrons. The van der Waals surface area contributed by atoms with Crippen molar-refractivity contribution in [1.29, 1.82) is 0 Å². The van der Waals surface area contributed by atoms with Gasteiger partial charge in [0.15, 0.2) is 0 Å². The molecule has 1 rings (SSSR count). The van der Waals surface area contributed by atoms with Crippen molar-refractivity contribution in [2.24, 2.45) is 23.2 Å². The Bertz CT molecular complexity index is 165. The summed E-state index contributed by atoms with van der Waals surface area (Å²) in [6, 6.07) is 0. The van der Waals surface area contributed by atoms with E-state index in [9.17, 15) is 0 Å². The van der Waals surface area contributed by atoms with Crippen molar-refractivity contribution in [2.45, 2.75) is 66.7 Å². The molecule has 14 heavy (non-hydrogen) atoms. The molecule has 0 aliphatic heterocycles. The fourth-order valence-corrected chi connectivity index (χ4v) is 2.79. The van der Waals surface area contributed by atoms with Gasteiger partial charge in [-0.15, -0.1) is 0 Å². The van der Waals surface area contributed by atoms with Gasteiger partial charge in [-0.2, -0.15) is 0 Å². The Hall–Kier alpha value is 0. The third-order valence-electron chi connectivity index (χ3n) is 4.67. The molecule has 0 N–H and O–H groups in total. The lowest BCUT2D eigenvalue weighted by Crippen LogP contribution is -2.32. The lowest BCUT2D eigenvalue weighted by atomic mass is 9.63. The van der Waals surface area contributed by atoms with E-state index < -0.39 is 0 Å². The van der Waals surface area contributed by atoms with Crippen molar-refractivity contribution in [3.63, 3.8) is 0 Å². The molecule has 0 bridgehead atoms. The highest BCUT2D eigenvalue weighted by molar-refractivity contribution is 4.86. The number of rotatable bonds is 5. The first kappa shape index (κ1) is 12.1. The summed E-state index contributed by atoms with van der Waals surface area (Å²) in [5, 5.41) is 0. The maximum atomic E-state index is 2.48. The Morgan fingerprint density at radius 3 is 2.07 bits per heavy atom. The molecule has 1 saturated carbocycles. The van der Waals surface area contributed by atoms with Crippen molar-refractivity contribution >= 4 is 0 Å². The smallest absolute Gasteiger partial charge is 0.0323 e. The van der Waals surface area contributed by atoms with Crippen LogP contribution in [0, 0.1) is 23.2 Å². The van der Waals surface area contributed by atoms with Gasteiger partial charge in [-0.05, 0) is 42.4 Å². The average Bonchev–Trinajstić information content (AvgIpc) is 1.97. The summed E-state index contributed by atoms with van der Waals surface area (Å²) in [5.41, 5.74) is 0.598. The molecular weight excluding hydrogens is 168 g/mol. The Labute approximate surface area is 90.5 Å². The molecule has 0 aromatic rings. The van der Waals surface area contributed by atoms with Crippen LogP contribution in [0.1, 0.15) is 66.7 Å². The van der Waals surface area contributed by atoms with Gasteiger partial charge in [0.05, 0.1) is 0 Å². The highest BCUT2D eigenvalue weighted by Crippen LogP contribution is 2.46. The second-order valence-electron chi connectivity index (χ2n) is 6.18. The Morgan fingerprint density at radius 1 is 1.14 bits per heavy atom. The first-order valence-corrected chi connectivity index (χ1v) is 6.47. The average molecular weight is 196 g/mol. The molecule has 0 aromatic heterocycles. The minimum Gasteiger partial charge on any atom is -0.0651 e. The molecule has 0 heterocycles. The lowest BCUT2D eigenvalue weighted by molar-refractivity contribution is 0.0821. The van der Waals surface area contributed by atoms with E-state index in [1.165, 1.54) is 32.1 Å². The van der Waals surface area contributed by atoms with Crippen LogP contribution in [-0.2, 0) is 0 Å². The van der Waals surface area contributed by atoms with Crippen LogP contribution < -0.4 is 0 Å². The Morgan fingerprint density at radius 2 is 1.71 bits per heavy atom. The van der Waals surface area contributed by atoms with Gasteiger partial charge >= 0.3 is 0 Å². The van der Waals surface area contributed by atoms with E-state index in [2.05, 4.69) is 34.6 Å². The molecule has 0 aromatic carbocycles. The highest BCUT2D eigenvalue weighted by Gasteiger charge is 2.35. The molecule has 1 aliphatic rings. The predicted molar refractivity (Wildman–Crippen MR) is 64.4 cm³/mol. The normalized spacial score (nSPS) is 22.9. The van der Waals surface area contributed by atoms with Crippen LogP contribution in [0.2, 0.25) is 0 Å². The largest absolute Gasteiger partial charge is 0.0651 e. The Kier molecular flexibility index (Phi) is 4.04. The number of hydrogen-bond donors (Lipinski definition) is 0. The van der Waals surface area contributed by atoms with Gasteiger partial charge in [-0.1, -0.05) is 47.5 Å². The summed E-state index contributed by atoms with van der Waals surface area (Å²) in [7, 11) is 0. The predicted octanol–water partition coefficient (Wildman–Crippen LogP) is 4.89. The molecule has 1 aliphatic carbocycles. The third-order valence-corrected chi connectivity index (χ3v) is 4.67. The van der Waals surface area contributed by atoms with Crippen LogP contribution in [0.3, 0.4) is 0 Å². The summed E-state index contributed by atoms with van der Waals surface area (Å²) < 4.78 is 0. The van der Waals surface area contributed by atoms with Crippen LogP contribution in [0.15, 0.2) is 0 Å². The van der Waals surface area contributed by atoms with Crippen molar-refractivity contribution in [2.75, 3.05) is 0 Å². The van der Waals surface area contributed by atoms with Crippen LogP contribution in [0.5, 0.6) is 0 Å². The summed E-state index contributed by atoms with van der Waals surface area (Å²) in [4.78, 5) is 0. The topological polar surface area (TPSA) is 0 Å². The summed E-state index contributed by atoms with van der Waals surface area (Å²) in [6.07, 6.45) is 7.21. The van der Waals surface area contributed by atoms with Gasteiger partial charge in [0.2, 0.25) is 0 Å². The van der Waals surface area contributed by atoms with Crippen LogP contribution in [-0.4, -0.2) is 0 Å². The number of hydrogen-bond acceptors (Lipinski definition) is 0. The summed E-state index contributed by atoms with van der Waals surface area (Å²) >= 11 is 0. The van der Waals surface area contributed by atoms with E-state index in [1.807, 2.05) is 0 Å². The summed E-state index contributed by atoms with van der Waals surface area (Å²) in [5.74, 6) is 2.82. The highest BCUT2D eigenvalue weighted by atomic mass is 14.4. The minimum atomic E-state index is 0.598. The zero-order valence-corrected chi connectivity index (χ0v) is 10.8. The van der Waals surface area contributed by atoms with Gasteiger partial charge in [0, 0.05) is 0 Å². The van der Waals surface area contributed by atoms with Gasteiger partial charge in [0.25, 0.3) is 0 Å². The molecule has 0 amide bonds. The maximum absolute atomic E-state index is 2.48. The first-order chi connectivity index (χ1) is 6.47. The fraction of sp³-hybridized carbons (Fsp3) is 1.00. The molecule has 0 saturated heterocycles. The van der Waals surface area contributed by atoms with E-state index in [0.717, 1.165) is 17.8 Å². The Balaban J connectivity index is 2.40. The molecule has 2 unspecified atom stereocenters. The van der Waals surface area contributed by atoms with Gasteiger partial charge < -0.3 is 0 Å². The molecule has 0 spiro atoms. The fourth-order valence-electron chi connectivity index (χ4n) is 2.79. The minimum absolute atomic E-state index is 0.598. The monoisotopic (exact) mass is 196 g/mol. The molecule has 2 atom stereocenters. The van der Waals surface area contributed by atoms with E-state index >= 15 is 0 Å². The van der Waals surface area contributed by atoms with Crippen molar-refractivity contribution in [3.05, 3.63) is 0 Å². The molecule has 0 radical (unpaired) electrons. The van der Waals surface area contributed by atoms with Crippen LogP contribution >= 0.6 is 0 Å². The van der Waals surface area contributed by atoms with Crippen molar-refractivity contribution < 1.29 is 0 Å². The third kappa shape index (κ3) is 2.74. The summed E-state index contributed by atoms with van der Waals surface area (Å²) in [6.45, 7) is 12.1. The quantitative estimate of drug-likeness (QED) is 0.587. The standard InChI is InChI=1S/C14H28/c1-6-11(2)12(3)10-14(4,5)13-8-7-9-13/h11-13H,6-10H2,1-5H3. The van der Waals surface area contributed by atoms with Gasteiger partial charge in [-0.25, -0.2) is 0 Å². The zero-order valence-electron chi connectivity index (χ0n) is 10.8. The molecular formula is C14H28. The SMILES string of the molecule is CCC(C)C(C)CC(C)(C)C1CCC1. The first-order valence-electron chi connectivity index (χ1n) is 6.47. The second kappa shape index (κ2) is 4.68. The van der Waals surface area contributed by atoms with E-state index in [4.69, 9.17) is 0 Å². The molecule has 1 fully saturated rings.